The number of alkyl halides is 3. The van der Waals surface area contributed by atoms with Crippen molar-refractivity contribution in [1.82, 2.24) is 0 Å². The van der Waals surface area contributed by atoms with E-state index in [-0.39, 0.29) is 6.61 Å². The normalized spacial score (nSPS) is 22.2. The van der Waals surface area contributed by atoms with Crippen molar-refractivity contribution in [1.29, 1.82) is 0 Å². The molecule has 0 amide bonds. The summed E-state index contributed by atoms with van der Waals surface area (Å²) < 4.78 is 43.9. The zero-order valence-corrected chi connectivity index (χ0v) is 18.2. The van der Waals surface area contributed by atoms with Crippen molar-refractivity contribution in [3.8, 4) is 11.1 Å². The van der Waals surface area contributed by atoms with Crippen molar-refractivity contribution in [2.75, 3.05) is 0 Å². The van der Waals surface area contributed by atoms with E-state index in [1.165, 1.54) is 16.7 Å². The molecular formula is C25H24ClF3O2. The average molecular weight is 449 g/mol. The Bertz CT molecular complexity index is 1040. The lowest BCUT2D eigenvalue weighted by Gasteiger charge is -2.14. The molecule has 2 atom stereocenters. The van der Waals surface area contributed by atoms with Crippen molar-refractivity contribution < 1.29 is 22.7 Å². The number of ether oxygens (including phenoxy) is 1. The lowest BCUT2D eigenvalue weighted by Crippen LogP contribution is -2.12. The van der Waals surface area contributed by atoms with Gasteiger partial charge in [-0.25, -0.2) is 0 Å². The number of carbonyl (C=O) groups excluding carboxylic acids is 1. The summed E-state index contributed by atoms with van der Waals surface area (Å²) in [7, 11) is 0. The van der Waals surface area contributed by atoms with Gasteiger partial charge < -0.3 is 4.74 Å². The Balaban J connectivity index is 1.51. The minimum absolute atomic E-state index is 0.111. The van der Waals surface area contributed by atoms with Crippen molar-refractivity contribution in [2.45, 2.75) is 45.9 Å². The molecule has 1 unspecified atom stereocenters. The highest BCUT2D eigenvalue weighted by atomic mass is 35.5. The fourth-order valence-corrected chi connectivity index (χ4v) is 4.84. The Morgan fingerprint density at radius 3 is 2.58 bits per heavy atom. The standard InChI is InChI=1S/C25H24ClF3O2/c1-24(2)20(13-21(26)25(27,28)29)22(24)23(30)31-14-16-9-6-12-19-17-10-4-3-7-15(17)8-5-11-18(16)19/h3-4,6-7,9-10,12-13,20,22H,5,8,11,14H2,1-2H3/b21-13-/t20?,22-/m0/s1. The van der Waals surface area contributed by atoms with E-state index in [9.17, 15) is 18.0 Å². The smallest absolute Gasteiger partial charge is 0.426 e. The van der Waals surface area contributed by atoms with Crippen LogP contribution < -0.4 is 0 Å². The van der Waals surface area contributed by atoms with E-state index in [1.54, 1.807) is 13.8 Å². The summed E-state index contributed by atoms with van der Waals surface area (Å²) in [5, 5.41) is -1.19. The van der Waals surface area contributed by atoms with Crippen molar-refractivity contribution in [3.63, 3.8) is 0 Å². The lowest BCUT2D eigenvalue weighted by atomic mass is 9.93. The molecule has 0 aromatic heterocycles. The minimum Gasteiger partial charge on any atom is -0.461 e. The molecule has 2 aromatic carbocycles. The van der Waals surface area contributed by atoms with Crippen LogP contribution in [0.5, 0.6) is 0 Å². The van der Waals surface area contributed by atoms with E-state index < -0.39 is 34.4 Å². The molecule has 0 saturated heterocycles. The summed E-state index contributed by atoms with van der Waals surface area (Å²) in [6.45, 7) is 3.62. The number of aryl methyl sites for hydroxylation is 1. The quantitative estimate of drug-likeness (QED) is 0.478. The number of fused-ring (bicyclic) bond motifs is 3. The minimum atomic E-state index is -4.60. The molecule has 1 fully saturated rings. The molecule has 2 aromatic rings. The number of hydrogen-bond donors (Lipinski definition) is 0. The molecule has 2 aliphatic carbocycles. The maximum atomic E-state index is 12.8. The fraction of sp³-hybridized carbons (Fsp3) is 0.400. The Hall–Kier alpha value is -2.27. The first-order valence-electron chi connectivity index (χ1n) is 10.4. The molecule has 0 radical (unpaired) electrons. The second-order valence-corrected chi connectivity index (χ2v) is 9.31. The van der Waals surface area contributed by atoms with Gasteiger partial charge in [0.05, 0.1) is 5.92 Å². The summed E-state index contributed by atoms with van der Waals surface area (Å²) in [6, 6.07) is 14.3. The van der Waals surface area contributed by atoms with Crippen molar-refractivity contribution in [3.05, 3.63) is 70.3 Å². The first kappa shape index (κ1) is 21.9. The highest BCUT2D eigenvalue weighted by Crippen LogP contribution is 2.60. The first-order valence-corrected chi connectivity index (χ1v) is 10.8. The van der Waals surface area contributed by atoms with Gasteiger partial charge in [-0.05, 0) is 58.4 Å². The second-order valence-electron chi connectivity index (χ2n) is 8.90. The topological polar surface area (TPSA) is 26.3 Å². The molecule has 6 heteroatoms. The molecule has 0 N–H and O–H groups in total. The van der Waals surface area contributed by atoms with Gasteiger partial charge in [0.1, 0.15) is 11.6 Å². The maximum Gasteiger partial charge on any atom is 0.426 e. The number of halogens is 4. The Labute approximate surface area is 185 Å². The highest BCUT2D eigenvalue weighted by Gasteiger charge is 2.62. The Kier molecular flexibility index (Phi) is 5.67. The summed E-state index contributed by atoms with van der Waals surface area (Å²) in [6.07, 6.45) is -0.771. The van der Waals surface area contributed by atoms with E-state index in [0.717, 1.165) is 36.5 Å². The molecule has 1 saturated carbocycles. The summed E-state index contributed by atoms with van der Waals surface area (Å²) in [4.78, 5) is 12.7. The van der Waals surface area contributed by atoms with E-state index >= 15 is 0 Å². The molecular weight excluding hydrogens is 425 g/mol. The van der Waals surface area contributed by atoms with Crippen LogP contribution in [-0.2, 0) is 29.0 Å². The largest absolute Gasteiger partial charge is 0.461 e. The SMILES string of the molecule is CC1(C)C(/C=C(\Cl)C(F)(F)F)[C@H]1C(=O)OCc1cccc2c1CCCc1ccccc1-2. The van der Waals surface area contributed by atoms with Crippen molar-refractivity contribution >= 4 is 17.6 Å². The maximum absolute atomic E-state index is 12.8. The Morgan fingerprint density at radius 1 is 1.13 bits per heavy atom. The average Bonchev–Trinajstić information content (AvgIpc) is 3.32. The summed E-state index contributed by atoms with van der Waals surface area (Å²) in [5.41, 5.74) is 5.18. The van der Waals surface area contributed by atoms with Crippen LogP contribution in [0.25, 0.3) is 11.1 Å². The zero-order chi connectivity index (χ0) is 22.4. The predicted molar refractivity (Wildman–Crippen MR) is 114 cm³/mol. The number of carbonyl (C=O) groups is 1. The van der Waals surface area contributed by atoms with E-state index in [0.29, 0.717) is 0 Å². The molecule has 2 aliphatic rings. The third-order valence-electron chi connectivity index (χ3n) is 6.58. The predicted octanol–water partition coefficient (Wildman–Crippen LogP) is 6.84. The number of allylic oxidation sites excluding steroid dienone is 2. The fourth-order valence-electron chi connectivity index (χ4n) is 4.70. The van der Waals surface area contributed by atoms with Crippen molar-refractivity contribution in [2.24, 2.45) is 17.3 Å². The zero-order valence-electron chi connectivity index (χ0n) is 17.4. The van der Waals surface area contributed by atoms with Crippen LogP contribution in [0.2, 0.25) is 0 Å². The molecule has 164 valence electrons. The van der Waals surface area contributed by atoms with Gasteiger partial charge in [-0.2, -0.15) is 13.2 Å². The monoisotopic (exact) mass is 448 g/mol. The Morgan fingerprint density at radius 2 is 1.84 bits per heavy atom. The van der Waals surface area contributed by atoms with Crippen LogP contribution in [0.15, 0.2) is 53.6 Å². The highest BCUT2D eigenvalue weighted by molar-refractivity contribution is 6.30. The van der Waals surface area contributed by atoms with Gasteiger partial charge in [-0.3, -0.25) is 4.79 Å². The third-order valence-corrected chi connectivity index (χ3v) is 6.92. The molecule has 0 aliphatic heterocycles. The molecule has 4 rings (SSSR count). The van der Waals surface area contributed by atoms with Crippen LogP contribution in [0.4, 0.5) is 13.2 Å². The number of benzene rings is 2. The molecule has 0 heterocycles. The van der Waals surface area contributed by atoms with E-state index in [1.807, 2.05) is 24.3 Å². The van der Waals surface area contributed by atoms with Crippen LogP contribution in [0.3, 0.4) is 0 Å². The van der Waals surface area contributed by atoms with Gasteiger partial charge in [-0.15, -0.1) is 0 Å². The van der Waals surface area contributed by atoms with Crippen LogP contribution >= 0.6 is 11.6 Å². The van der Waals surface area contributed by atoms with Crippen LogP contribution in [0.1, 0.15) is 37.0 Å². The lowest BCUT2D eigenvalue weighted by molar-refractivity contribution is -0.147. The second kappa shape index (κ2) is 8.01. The summed E-state index contributed by atoms with van der Waals surface area (Å²) >= 11 is 5.38. The molecule has 0 bridgehead atoms. The number of rotatable bonds is 4. The molecule has 31 heavy (non-hydrogen) atoms. The van der Waals surface area contributed by atoms with Crippen LogP contribution in [0, 0.1) is 17.3 Å². The van der Waals surface area contributed by atoms with Gasteiger partial charge in [0.25, 0.3) is 0 Å². The van der Waals surface area contributed by atoms with Gasteiger partial charge >= 0.3 is 12.1 Å². The molecule has 2 nitrogen and oxygen atoms in total. The van der Waals surface area contributed by atoms with E-state index in [2.05, 4.69) is 18.2 Å². The van der Waals surface area contributed by atoms with Gasteiger partial charge in [0, 0.05) is 0 Å². The van der Waals surface area contributed by atoms with E-state index in [4.69, 9.17) is 16.3 Å². The molecule has 0 spiro atoms. The van der Waals surface area contributed by atoms with Crippen LogP contribution in [-0.4, -0.2) is 12.1 Å². The number of esters is 1. The van der Waals surface area contributed by atoms with Gasteiger partial charge in [0.2, 0.25) is 0 Å². The van der Waals surface area contributed by atoms with Gasteiger partial charge in [0.15, 0.2) is 0 Å². The van der Waals surface area contributed by atoms with Gasteiger partial charge in [-0.1, -0.05) is 74.0 Å². The first-order chi connectivity index (χ1) is 14.6. The third kappa shape index (κ3) is 4.25. The number of hydrogen-bond acceptors (Lipinski definition) is 2. The summed E-state index contributed by atoms with van der Waals surface area (Å²) in [5.74, 6) is -1.70.